The first-order valence-electron chi connectivity index (χ1n) is 9.66. The van der Waals surface area contributed by atoms with Crippen LogP contribution in [0.15, 0.2) is 22.9 Å². The molecule has 0 bridgehead atoms. The summed E-state index contributed by atoms with van der Waals surface area (Å²) in [5.74, 6) is -0.369. The summed E-state index contributed by atoms with van der Waals surface area (Å²) in [5.41, 5.74) is 0.972. The van der Waals surface area contributed by atoms with Crippen LogP contribution in [0.25, 0.3) is 15.7 Å². The number of rotatable bonds is 5. The number of amides is 2. The molecule has 3 heterocycles. The predicted molar refractivity (Wildman–Crippen MR) is 111 cm³/mol. The van der Waals surface area contributed by atoms with Gasteiger partial charge in [0.15, 0.2) is 5.82 Å². The molecular formula is C19H23N5O2S2. The molecule has 0 unspecified atom stereocenters. The van der Waals surface area contributed by atoms with Crippen LogP contribution < -0.4 is 10.6 Å². The number of fused-ring (bicyclic) bond motifs is 1. The molecule has 1 saturated carbocycles. The van der Waals surface area contributed by atoms with Gasteiger partial charge in [-0.05, 0) is 24.3 Å². The molecule has 0 atom stereocenters. The summed E-state index contributed by atoms with van der Waals surface area (Å²) >= 11 is 3.13. The van der Waals surface area contributed by atoms with Gasteiger partial charge in [0.05, 0.1) is 10.6 Å². The zero-order valence-corrected chi connectivity index (χ0v) is 17.2. The highest BCUT2D eigenvalue weighted by Gasteiger charge is 2.19. The fourth-order valence-corrected chi connectivity index (χ4v) is 4.97. The van der Waals surface area contributed by atoms with E-state index >= 15 is 0 Å². The van der Waals surface area contributed by atoms with Crippen LogP contribution in [0.2, 0.25) is 0 Å². The lowest BCUT2D eigenvalue weighted by molar-refractivity contribution is -0.139. The first-order valence-corrected chi connectivity index (χ1v) is 11.4. The minimum Gasteiger partial charge on any atom is -0.347 e. The topological polar surface area (TPSA) is 88.4 Å². The fraction of sp³-hybridized carbons (Fsp3) is 0.474. The molecule has 148 valence electrons. The van der Waals surface area contributed by atoms with Gasteiger partial charge in [0.1, 0.15) is 0 Å². The van der Waals surface area contributed by atoms with Gasteiger partial charge >= 0.3 is 11.8 Å². The lowest BCUT2D eigenvalue weighted by Crippen LogP contribution is -2.45. The first-order chi connectivity index (χ1) is 13.7. The highest BCUT2D eigenvalue weighted by molar-refractivity contribution is 7.15. The minimum atomic E-state index is -0.561. The molecule has 2 amide bonds. The molecule has 0 saturated heterocycles. The molecule has 0 spiro atoms. The van der Waals surface area contributed by atoms with E-state index in [4.69, 9.17) is 0 Å². The molecule has 0 aliphatic heterocycles. The van der Waals surface area contributed by atoms with Crippen molar-refractivity contribution >= 4 is 39.4 Å². The molecule has 0 aromatic carbocycles. The number of thiazole rings is 1. The third-order valence-electron chi connectivity index (χ3n) is 4.95. The number of hydrogen-bond acceptors (Lipinski definition) is 6. The summed E-state index contributed by atoms with van der Waals surface area (Å²) in [6.07, 6.45) is 7.18. The summed E-state index contributed by atoms with van der Waals surface area (Å²) < 4.78 is 1.82. The van der Waals surface area contributed by atoms with Crippen LogP contribution in [0.5, 0.6) is 0 Å². The van der Waals surface area contributed by atoms with Crippen LogP contribution >= 0.6 is 22.7 Å². The van der Waals surface area contributed by atoms with Crippen molar-refractivity contribution in [3.8, 4) is 10.7 Å². The Kier molecular flexibility index (Phi) is 6.01. The summed E-state index contributed by atoms with van der Waals surface area (Å²) in [6, 6.07) is 4.10. The second-order valence-electron chi connectivity index (χ2n) is 7.00. The lowest BCUT2D eigenvalue weighted by Gasteiger charge is -2.15. The second kappa shape index (κ2) is 8.83. The monoisotopic (exact) mass is 417 g/mol. The Morgan fingerprint density at radius 2 is 1.96 bits per heavy atom. The van der Waals surface area contributed by atoms with Gasteiger partial charge in [-0.2, -0.15) is 4.98 Å². The third-order valence-corrected chi connectivity index (χ3v) is 6.69. The largest absolute Gasteiger partial charge is 0.347 e. The van der Waals surface area contributed by atoms with Crippen LogP contribution in [-0.2, 0) is 16.0 Å². The molecule has 1 aliphatic carbocycles. The summed E-state index contributed by atoms with van der Waals surface area (Å²) in [7, 11) is 0. The standard InChI is InChI=1S/C19H23N5O2S2/c25-17(18(26)21-13-6-3-1-2-4-7-13)20-10-9-14-12-28-19-22-16(23-24(14)19)15-8-5-11-27-15/h5,8,11-13H,1-4,6-7,9-10H2,(H,20,25)(H,21,26). The fourth-order valence-electron chi connectivity index (χ4n) is 3.47. The maximum absolute atomic E-state index is 12.1. The van der Waals surface area contributed by atoms with Crippen molar-refractivity contribution in [1.82, 2.24) is 25.2 Å². The van der Waals surface area contributed by atoms with Gasteiger partial charge in [0.2, 0.25) is 4.96 Å². The molecule has 0 radical (unpaired) electrons. The van der Waals surface area contributed by atoms with E-state index in [1.165, 1.54) is 24.2 Å². The molecule has 9 heteroatoms. The Labute approximate surface area is 171 Å². The smallest absolute Gasteiger partial charge is 0.309 e. The van der Waals surface area contributed by atoms with E-state index in [0.29, 0.717) is 13.0 Å². The summed E-state index contributed by atoms with van der Waals surface area (Å²) in [5, 5.41) is 14.2. The van der Waals surface area contributed by atoms with Crippen LogP contribution in [-0.4, -0.2) is 39.0 Å². The third kappa shape index (κ3) is 4.41. The molecule has 3 aromatic rings. The van der Waals surface area contributed by atoms with Crippen LogP contribution in [0.4, 0.5) is 0 Å². The van der Waals surface area contributed by atoms with Crippen molar-refractivity contribution in [2.24, 2.45) is 0 Å². The van der Waals surface area contributed by atoms with Crippen molar-refractivity contribution in [2.45, 2.75) is 51.0 Å². The van der Waals surface area contributed by atoms with Crippen molar-refractivity contribution < 1.29 is 9.59 Å². The Morgan fingerprint density at radius 3 is 2.71 bits per heavy atom. The minimum absolute atomic E-state index is 0.128. The quantitative estimate of drug-likeness (QED) is 0.493. The predicted octanol–water partition coefficient (Wildman–Crippen LogP) is 3.02. The lowest BCUT2D eigenvalue weighted by atomic mass is 10.1. The molecule has 1 aliphatic rings. The molecule has 2 N–H and O–H groups in total. The average Bonchev–Trinajstić information content (AvgIpc) is 3.38. The van der Waals surface area contributed by atoms with Gasteiger partial charge in [-0.25, -0.2) is 4.52 Å². The van der Waals surface area contributed by atoms with Crippen molar-refractivity contribution in [2.75, 3.05) is 6.54 Å². The summed E-state index contributed by atoms with van der Waals surface area (Å²) in [6.45, 7) is 0.386. The van der Waals surface area contributed by atoms with E-state index in [9.17, 15) is 9.59 Å². The summed E-state index contributed by atoms with van der Waals surface area (Å²) in [4.78, 5) is 30.6. The zero-order chi connectivity index (χ0) is 19.3. The van der Waals surface area contributed by atoms with Gasteiger partial charge in [-0.1, -0.05) is 31.7 Å². The van der Waals surface area contributed by atoms with Crippen molar-refractivity contribution in [1.29, 1.82) is 0 Å². The SMILES string of the molecule is O=C(NCCc1csc2nc(-c3cccs3)nn12)C(=O)NC1CCCCCC1. The number of hydrogen-bond donors (Lipinski definition) is 2. The Hall–Kier alpha value is -2.26. The molecule has 3 aromatic heterocycles. The van der Waals surface area contributed by atoms with E-state index in [1.807, 2.05) is 27.4 Å². The Balaban J connectivity index is 1.29. The van der Waals surface area contributed by atoms with Gasteiger partial charge in [-0.15, -0.1) is 27.8 Å². The Bertz CT molecular complexity index is 939. The van der Waals surface area contributed by atoms with Gasteiger partial charge < -0.3 is 10.6 Å². The second-order valence-corrected chi connectivity index (χ2v) is 8.79. The normalized spacial score (nSPS) is 15.4. The number of thiophene rings is 1. The van der Waals surface area contributed by atoms with Crippen LogP contribution in [0.1, 0.15) is 44.2 Å². The van der Waals surface area contributed by atoms with Crippen molar-refractivity contribution in [3.05, 3.63) is 28.6 Å². The number of aromatic nitrogens is 3. The van der Waals surface area contributed by atoms with Crippen LogP contribution in [0.3, 0.4) is 0 Å². The highest BCUT2D eigenvalue weighted by atomic mass is 32.1. The number of nitrogens with zero attached hydrogens (tertiary/aromatic N) is 3. The molecule has 4 rings (SSSR count). The zero-order valence-electron chi connectivity index (χ0n) is 15.5. The number of nitrogens with one attached hydrogen (secondary N) is 2. The first kappa shape index (κ1) is 19.1. The molecule has 7 nitrogen and oxygen atoms in total. The maximum atomic E-state index is 12.1. The Morgan fingerprint density at radius 1 is 1.14 bits per heavy atom. The molecular weight excluding hydrogens is 394 g/mol. The van der Waals surface area contributed by atoms with E-state index in [-0.39, 0.29) is 6.04 Å². The van der Waals surface area contributed by atoms with E-state index in [1.54, 1.807) is 11.3 Å². The average molecular weight is 418 g/mol. The molecule has 1 fully saturated rings. The van der Waals surface area contributed by atoms with Crippen LogP contribution in [0, 0.1) is 0 Å². The van der Waals surface area contributed by atoms with Gasteiger partial charge in [-0.3, -0.25) is 9.59 Å². The van der Waals surface area contributed by atoms with Gasteiger partial charge in [0, 0.05) is 24.4 Å². The molecule has 28 heavy (non-hydrogen) atoms. The van der Waals surface area contributed by atoms with Gasteiger partial charge in [0.25, 0.3) is 0 Å². The number of carbonyl (C=O) groups excluding carboxylic acids is 2. The number of carbonyl (C=O) groups is 2. The maximum Gasteiger partial charge on any atom is 0.309 e. The van der Waals surface area contributed by atoms with Crippen molar-refractivity contribution in [3.63, 3.8) is 0 Å². The van der Waals surface area contributed by atoms with E-state index in [0.717, 1.165) is 47.0 Å². The van der Waals surface area contributed by atoms with E-state index < -0.39 is 11.8 Å². The highest BCUT2D eigenvalue weighted by Crippen LogP contribution is 2.24. The van der Waals surface area contributed by atoms with E-state index in [2.05, 4.69) is 20.7 Å².